The van der Waals surface area contributed by atoms with E-state index >= 15 is 0 Å². The van der Waals surface area contributed by atoms with Gasteiger partial charge in [0.15, 0.2) is 9.84 Å². The highest BCUT2D eigenvalue weighted by Gasteiger charge is 2.25. The van der Waals surface area contributed by atoms with Gasteiger partial charge in [-0.3, -0.25) is 0 Å². The molecule has 0 aliphatic carbocycles. The van der Waals surface area contributed by atoms with Gasteiger partial charge in [-0.05, 0) is 54.7 Å². The van der Waals surface area contributed by atoms with Crippen molar-refractivity contribution in [2.24, 2.45) is 0 Å². The van der Waals surface area contributed by atoms with Gasteiger partial charge in [0.1, 0.15) is 17.8 Å². The van der Waals surface area contributed by atoms with Gasteiger partial charge in [-0.2, -0.15) is 0 Å². The van der Waals surface area contributed by atoms with Gasteiger partial charge < -0.3 is 9.88 Å². The minimum absolute atomic E-state index is 0.294. The zero-order valence-corrected chi connectivity index (χ0v) is 16.9. The molecule has 1 aliphatic heterocycles. The Labute approximate surface area is 168 Å². The van der Waals surface area contributed by atoms with Crippen molar-refractivity contribution < 1.29 is 8.42 Å². The first-order chi connectivity index (χ1) is 14.0. The van der Waals surface area contributed by atoms with E-state index < -0.39 is 9.84 Å². The average molecular weight is 407 g/mol. The number of sulfone groups is 1. The van der Waals surface area contributed by atoms with E-state index in [9.17, 15) is 8.42 Å². The lowest BCUT2D eigenvalue weighted by Gasteiger charge is -2.33. The molecule has 1 N–H and O–H groups in total. The molecule has 29 heavy (non-hydrogen) atoms. The van der Waals surface area contributed by atoms with E-state index in [1.807, 2.05) is 6.07 Å². The standard InChI is InChI=1S/C21H21N5O2S/c1-29(27,28)15-4-5-19-17(11-15)21(25-13-24-19)26-9-6-14(7-10-26)18-12-23-20-16(18)3-2-8-22-20/h2-5,8,11-14H,6-7,9-10H2,1H3,(H,22,23). The topological polar surface area (TPSA) is 91.8 Å². The molecule has 0 unspecified atom stereocenters. The first-order valence-electron chi connectivity index (χ1n) is 9.62. The van der Waals surface area contributed by atoms with E-state index in [1.54, 1.807) is 30.7 Å². The van der Waals surface area contributed by atoms with Crippen LogP contribution in [-0.4, -0.2) is 47.7 Å². The van der Waals surface area contributed by atoms with Crippen LogP contribution in [0.1, 0.15) is 24.3 Å². The Morgan fingerprint density at radius 1 is 1.07 bits per heavy atom. The Bertz CT molecular complexity index is 1310. The van der Waals surface area contributed by atoms with Gasteiger partial charge in [0.05, 0.1) is 10.4 Å². The fourth-order valence-corrected chi connectivity index (χ4v) is 4.87. The third kappa shape index (κ3) is 3.23. The van der Waals surface area contributed by atoms with Crippen LogP contribution in [-0.2, 0) is 9.84 Å². The highest BCUT2D eigenvalue weighted by Crippen LogP contribution is 2.35. The smallest absolute Gasteiger partial charge is 0.175 e. The van der Waals surface area contributed by atoms with Crippen LogP contribution < -0.4 is 4.90 Å². The van der Waals surface area contributed by atoms with E-state index in [2.05, 4.69) is 37.1 Å². The number of rotatable bonds is 3. The maximum Gasteiger partial charge on any atom is 0.175 e. The van der Waals surface area contributed by atoms with E-state index in [1.165, 1.54) is 17.2 Å². The first-order valence-corrected chi connectivity index (χ1v) is 11.5. The molecule has 0 bridgehead atoms. The summed E-state index contributed by atoms with van der Waals surface area (Å²) in [7, 11) is -3.28. The molecule has 1 aliphatic rings. The summed E-state index contributed by atoms with van der Waals surface area (Å²) in [6, 6.07) is 9.14. The van der Waals surface area contributed by atoms with Crippen molar-refractivity contribution in [1.29, 1.82) is 0 Å². The number of fused-ring (bicyclic) bond motifs is 2. The van der Waals surface area contributed by atoms with E-state index in [4.69, 9.17) is 0 Å². The molecule has 3 aromatic heterocycles. The molecule has 0 saturated carbocycles. The predicted octanol–water partition coefficient (Wildman–Crippen LogP) is 3.29. The summed E-state index contributed by atoms with van der Waals surface area (Å²) < 4.78 is 24.0. The van der Waals surface area contributed by atoms with Crippen LogP contribution in [0.2, 0.25) is 0 Å². The van der Waals surface area contributed by atoms with Crippen molar-refractivity contribution in [3.63, 3.8) is 0 Å². The number of benzene rings is 1. The minimum atomic E-state index is -3.28. The zero-order chi connectivity index (χ0) is 20.0. The second-order valence-corrected chi connectivity index (χ2v) is 9.57. The number of hydrogen-bond acceptors (Lipinski definition) is 6. The molecule has 1 saturated heterocycles. The molecule has 0 amide bonds. The number of H-pyrrole nitrogens is 1. The lowest BCUT2D eigenvalue weighted by atomic mass is 9.89. The Balaban J connectivity index is 1.44. The lowest BCUT2D eigenvalue weighted by Crippen LogP contribution is -2.33. The molecule has 7 nitrogen and oxygen atoms in total. The number of aromatic amines is 1. The van der Waals surface area contributed by atoms with Crippen molar-refractivity contribution in [3.8, 4) is 0 Å². The second kappa shape index (κ2) is 6.81. The molecule has 4 aromatic rings. The number of aromatic nitrogens is 4. The highest BCUT2D eigenvalue weighted by molar-refractivity contribution is 7.90. The first kappa shape index (κ1) is 18.1. The maximum atomic E-state index is 12.0. The van der Waals surface area contributed by atoms with Crippen LogP contribution in [0.3, 0.4) is 0 Å². The number of piperidine rings is 1. The normalized spacial score (nSPS) is 16.0. The molecule has 0 spiro atoms. The van der Waals surface area contributed by atoms with Gasteiger partial charge in [0.25, 0.3) is 0 Å². The molecular weight excluding hydrogens is 386 g/mol. The van der Waals surface area contributed by atoms with Gasteiger partial charge in [0.2, 0.25) is 0 Å². The third-order valence-corrected chi connectivity index (χ3v) is 6.84. The molecule has 5 rings (SSSR count). The molecule has 4 heterocycles. The maximum absolute atomic E-state index is 12.0. The lowest BCUT2D eigenvalue weighted by molar-refractivity contribution is 0.506. The van der Waals surface area contributed by atoms with E-state index in [0.717, 1.165) is 48.3 Å². The van der Waals surface area contributed by atoms with Crippen molar-refractivity contribution in [1.82, 2.24) is 19.9 Å². The summed E-state index contributed by atoms with van der Waals surface area (Å²) in [4.78, 5) is 19.0. The Hall–Kier alpha value is -3.00. The number of anilines is 1. The summed E-state index contributed by atoms with van der Waals surface area (Å²) >= 11 is 0. The minimum Gasteiger partial charge on any atom is -0.356 e. The Morgan fingerprint density at radius 2 is 1.90 bits per heavy atom. The molecule has 8 heteroatoms. The molecule has 0 atom stereocenters. The molecule has 1 fully saturated rings. The van der Waals surface area contributed by atoms with Crippen molar-refractivity contribution in [2.45, 2.75) is 23.7 Å². The number of pyridine rings is 1. The summed E-state index contributed by atoms with van der Waals surface area (Å²) in [5, 5.41) is 1.97. The fraction of sp³-hybridized carbons (Fsp3) is 0.286. The van der Waals surface area contributed by atoms with Crippen molar-refractivity contribution in [2.75, 3.05) is 24.2 Å². The predicted molar refractivity (Wildman–Crippen MR) is 113 cm³/mol. The van der Waals surface area contributed by atoms with Crippen LogP contribution in [0, 0.1) is 0 Å². The quantitative estimate of drug-likeness (QED) is 0.560. The molecule has 0 radical (unpaired) electrons. The van der Waals surface area contributed by atoms with Gasteiger partial charge in [-0.1, -0.05) is 0 Å². The highest BCUT2D eigenvalue weighted by atomic mass is 32.2. The number of nitrogens with one attached hydrogen (secondary N) is 1. The Morgan fingerprint density at radius 3 is 2.69 bits per heavy atom. The average Bonchev–Trinajstić information content (AvgIpc) is 3.16. The monoisotopic (exact) mass is 407 g/mol. The van der Waals surface area contributed by atoms with Crippen molar-refractivity contribution >= 4 is 37.6 Å². The summed E-state index contributed by atoms with van der Waals surface area (Å²) in [5.74, 6) is 1.27. The van der Waals surface area contributed by atoms with Gasteiger partial charge in [0, 0.05) is 42.5 Å². The van der Waals surface area contributed by atoms with E-state index in [0.29, 0.717) is 10.8 Å². The van der Waals surface area contributed by atoms with Crippen LogP contribution in [0.4, 0.5) is 5.82 Å². The number of nitrogens with zero attached hydrogens (tertiary/aromatic N) is 4. The van der Waals surface area contributed by atoms with Crippen LogP contribution in [0.25, 0.3) is 21.9 Å². The largest absolute Gasteiger partial charge is 0.356 e. The third-order valence-electron chi connectivity index (χ3n) is 5.73. The van der Waals surface area contributed by atoms with Gasteiger partial charge in [-0.25, -0.2) is 23.4 Å². The number of hydrogen-bond donors (Lipinski definition) is 1. The molecular formula is C21H21N5O2S. The van der Waals surface area contributed by atoms with Gasteiger partial charge >= 0.3 is 0 Å². The summed E-state index contributed by atoms with van der Waals surface area (Å²) in [6.07, 6.45) is 8.65. The second-order valence-electron chi connectivity index (χ2n) is 7.55. The molecule has 148 valence electrons. The van der Waals surface area contributed by atoms with Crippen LogP contribution in [0.5, 0.6) is 0 Å². The fourth-order valence-electron chi connectivity index (χ4n) is 4.22. The summed E-state index contributed by atoms with van der Waals surface area (Å²) in [6.45, 7) is 1.71. The molecule has 1 aromatic carbocycles. The SMILES string of the molecule is CS(=O)(=O)c1ccc2ncnc(N3CCC(c4c[nH]c5ncccc45)CC3)c2c1. The van der Waals surface area contributed by atoms with Crippen LogP contribution >= 0.6 is 0 Å². The van der Waals surface area contributed by atoms with E-state index in [-0.39, 0.29) is 0 Å². The Kier molecular flexibility index (Phi) is 4.24. The summed E-state index contributed by atoms with van der Waals surface area (Å²) in [5.41, 5.74) is 3.01. The van der Waals surface area contributed by atoms with Crippen molar-refractivity contribution in [3.05, 3.63) is 54.6 Å². The van der Waals surface area contributed by atoms with Crippen LogP contribution in [0.15, 0.2) is 53.9 Å². The van der Waals surface area contributed by atoms with Gasteiger partial charge in [-0.15, -0.1) is 0 Å². The zero-order valence-electron chi connectivity index (χ0n) is 16.0.